The van der Waals surface area contributed by atoms with E-state index in [4.69, 9.17) is 70.6 Å². The number of amides is 2. The van der Waals surface area contributed by atoms with Gasteiger partial charge in [-0.3, -0.25) is 18.6 Å². The summed E-state index contributed by atoms with van der Waals surface area (Å²) in [6, 6.07) is -4.04. The van der Waals surface area contributed by atoms with Crippen LogP contribution in [0.15, 0.2) is 46.6 Å². The average Bonchev–Trinajstić information content (AvgIpc) is 0.761. The van der Waals surface area contributed by atoms with Crippen LogP contribution in [-0.2, 0) is 93.7 Å². The second-order valence-corrected chi connectivity index (χ2v) is 33.5. The number of carbonyl (C=O) groups excluding carboxylic acids is 2. The van der Waals surface area contributed by atoms with Gasteiger partial charge in [-0.15, -0.1) is 0 Å². The first-order valence-electron chi connectivity index (χ1n) is 38.6. The SMILES string of the molecule is CC(=O)N[C@H]1[C@H](O[C@H]2[C@H](O)[C@@H](NC(C)=O)C(OP(=O)(O)OP(=O)(O)OCCC(C)CC/C=C(/C)CC/C=C(\C)CC/C=C(\C)CCC=C(C)C)O[C@@H]2CO)O[C@H](CO)[C@@H](O[C@@H]2O[C@H](CO[C@H]3O[C@H](CO)[C@@H](O)[C@H](O)[C@@H]3O)[C@@H](O)[C@H](O[C@H]3O[C@H](CO)[C@@H](O)[C@H](O)[C@@H]3O[C@H]3O[C@H](CO)[C@@H](O)[C@H](O)[C@@H]3O[C@H]3O[C@H](CO)[C@@H](O)[C@H](O)[C@@H]3O)[C@@H]2O)[C@@H]1O. The molecule has 7 saturated heterocycles. The van der Waals surface area contributed by atoms with Gasteiger partial charge in [0.05, 0.1) is 52.9 Å². The van der Waals surface area contributed by atoms with Gasteiger partial charge in [0, 0.05) is 13.8 Å². The lowest BCUT2D eigenvalue weighted by molar-refractivity contribution is -0.407. The molecule has 38 atom stereocenters. The first-order chi connectivity index (χ1) is 55.1. The number of nitrogens with one attached hydrogen (secondary N) is 2. The molecule has 0 bridgehead atoms. The van der Waals surface area contributed by atoms with Gasteiger partial charge in [0.2, 0.25) is 11.8 Å². The van der Waals surface area contributed by atoms with Gasteiger partial charge in [-0.1, -0.05) is 53.5 Å². The van der Waals surface area contributed by atoms with E-state index < -0.39 is 295 Å². The molecule has 0 aromatic carbocycles. The van der Waals surface area contributed by atoms with E-state index in [1.54, 1.807) is 0 Å². The molecule has 44 nitrogen and oxygen atoms in total. The van der Waals surface area contributed by atoms with Gasteiger partial charge in [-0.05, 0) is 98.3 Å². The molecule has 7 heterocycles. The first-order valence-corrected chi connectivity index (χ1v) is 41.6. The normalized spacial score (nSPS) is 41.4. The molecule has 0 aromatic rings. The van der Waals surface area contributed by atoms with Gasteiger partial charge in [-0.2, -0.15) is 4.31 Å². The Morgan fingerprint density at radius 3 is 1.19 bits per heavy atom. The quantitative estimate of drug-likeness (QED) is 0.0200. The molecular weight excluding hydrogens is 1610 g/mol. The van der Waals surface area contributed by atoms with E-state index in [2.05, 4.69) is 66.9 Å². The molecule has 0 aliphatic carbocycles. The van der Waals surface area contributed by atoms with Crippen molar-refractivity contribution < 1.29 is 206 Å². The maximum absolute atomic E-state index is 13.6. The van der Waals surface area contributed by atoms with Gasteiger partial charge in [0.25, 0.3) is 0 Å². The lowest BCUT2D eigenvalue weighted by Gasteiger charge is -2.51. The summed E-state index contributed by atoms with van der Waals surface area (Å²) >= 11 is 0. The van der Waals surface area contributed by atoms with E-state index in [-0.39, 0.29) is 12.3 Å². The minimum Gasteiger partial charge on any atom is -0.394 e. The molecule has 0 saturated carbocycles. The summed E-state index contributed by atoms with van der Waals surface area (Å²) in [7, 11) is -11.3. The second-order valence-electron chi connectivity index (χ2n) is 30.5. The summed E-state index contributed by atoms with van der Waals surface area (Å²) in [6.07, 6.45) is -54.0. The molecule has 678 valence electrons. The third-order valence-corrected chi connectivity index (χ3v) is 23.6. The van der Waals surface area contributed by atoms with E-state index in [0.717, 1.165) is 52.4 Å². The number of aliphatic hydroxyl groups excluding tert-OH is 20. The standard InChI is InChI=1S/C71H122N2O42P2/c1-30(2)13-9-14-31(3)15-10-16-32(4)17-11-18-33(5)19-12-20-34(6)21-22-101-116(96,97)115-117(98,99)114-66-45(73-36(8)81)52(88)60(42(28-79)107-66)109-65-44(72-35(7)80)51(87)61(41(27-78)106-65)110-69-59(95)62(50(86)43(108-69)29-100-67-57(93)53(89)46(82)37(23-74)102-67)111-70-64(56(92)49(85)39(25-76)104-70)113-71-63(55(91)48(84)40(26-77)105-71)112-68-58(94)54(90)47(83)38(24-75)103-68/h13,15,17,19,34,37-71,74-79,82-95H,9-12,14,16,18,20-29H2,1-8H3,(H,72,80)(H,73,81)(H,96,97)(H,98,99)/b31-15+,32-17+,33-19-/t34?,37-,38-,39-,40-,41-,42-,43-,44-,45-,46-,47-,48-,49-,50-,51-,52-,53+,54+,55+,56+,57+,58+,59+,60-,61-,62+,63+,64+,65+,66?,67+,68-,69+,70-,71-/m1/s1. The highest BCUT2D eigenvalue weighted by Crippen LogP contribution is 2.61. The smallest absolute Gasteiger partial charge is 0.394 e. The lowest BCUT2D eigenvalue weighted by Crippen LogP contribution is -2.70. The van der Waals surface area contributed by atoms with Crippen LogP contribution < -0.4 is 10.6 Å². The van der Waals surface area contributed by atoms with Gasteiger partial charge in [0.1, 0.15) is 171 Å². The van der Waals surface area contributed by atoms with Gasteiger partial charge < -0.3 is 184 Å². The second kappa shape index (κ2) is 46.7. The Hall–Kier alpha value is -3.16. The molecule has 0 spiro atoms. The number of rotatable bonds is 41. The zero-order valence-electron chi connectivity index (χ0n) is 66.0. The summed E-state index contributed by atoms with van der Waals surface area (Å²) in [5.74, 6) is -2.03. The molecule has 7 fully saturated rings. The molecule has 7 aliphatic rings. The zero-order chi connectivity index (χ0) is 86.8. The predicted octanol–water partition coefficient (Wildman–Crippen LogP) is -6.78. The highest BCUT2D eigenvalue weighted by molar-refractivity contribution is 7.61. The Bertz CT molecular complexity index is 3270. The summed E-state index contributed by atoms with van der Waals surface area (Å²) < 4.78 is 118. The van der Waals surface area contributed by atoms with Gasteiger partial charge >= 0.3 is 15.6 Å². The molecule has 24 N–H and O–H groups in total. The van der Waals surface area contributed by atoms with Crippen LogP contribution in [-0.4, -0.2) is 391 Å². The fourth-order valence-electron chi connectivity index (χ4n) is 14.2. The van der Waals surface area contributed by atoms with Gasteiger partial charge in [-0.25, -0.2) is 9.13 Å². The van der Waals surface area contributed by atoms with Crippen molar-refractivity contribution >= 4 is 27.5 Å². The Balaban J connectivity index is 1.06. The van der Waals surface area contributed by atoms with Crippen LogP contribution in [0, 0.1) is 5.92 Å². The average molecular weight is 1740 g/mol. The topological polar surface area (TPSA) is 685 Å². The number of phosphoric acid groups is 2. The number of carbonyl (C=O) groups is 2. The molecule has 0 radical (unpaired) electrons. The minimum atomic E-state index is -5.87. The Labute approximate surface area is 674 Å². The van der Waals surface area contributed by atoms with Crippen LogP contribution in [0.25, 0.3) is 0 Å². The number of ether oxygens (including phenoxy) is 13. The molecule has 117 heavy (non-hydrogen) atoms. The van der Waals surface area contributed by atoms with Crippen LogP contribution >= 0.6 is 15.6 Å². The highest BCUT2D eigenvalue weighted by atomic mass is 31.3. The molecule has 46 heteroatoms. The van der Waals surface area contributed by atoms with Crippen molar-refractivity contribution in [1.82, 2.24) is 10.6 Å². The van der Waals surface area contributed by atoms with Crippen LogP contribution in [0.4, 0.5) is 0 Å². The van der Waals surface area contributed by atoms with E-state index in [1.165, 1.54) is 22.3 Å². The molecule has 7 rings (SSSR count). The van der Waals surface area contributed by atoms with Crippen molar-refractivity contribution in [2.75, 3.05) is 52.9 Å². The Kier molecular flexibility index (Phi) is 40.3. The number of hydrogen-bond acceptors (Lipinski definition) is 40. The molecule has 0 aromatic heterocycles. The summed E-state index contributed by atoms with van der Waals surface area (Å²) in [5, 5.41) is 225. The van der Waals surface area contributed by atoms with E-state index >= 15 is 0 Å². The number of hydrogen-bond donors (Lipinski definition) is 24. The summed E-state index contributed by atoms with van der Waals surface area (Å²) in [4.78, 5) is 47.4. The Morgan fingerprint density at radius 1 is 0.368 bits per heavy atom. The molecule has 4 unspecified atom stereocenters. The van der Waals surface area contributed by atoms with E-state index in [1.807, 2.05) is 13.8 Å². The minimum absolute atomic E-state index is 0.0751. The van der Waals surface area contributed by atoms with Crippen molar-refractivity contribution in [3.05, 3.63) is 46.6 Å². The van der Waals surface area contributed by atoms with Crippen molar-refractivity contribution in [3.63, 3.8) is 0 Å². The first kappa shape index (κ1) is 101. The van der Waals surface area contributed by atoms with Crippen LogP contribution in [0.3, 0.4) is 0 Å². The third kappa shape index (κ3) is 27.7. The number of allylic oxidation sites excluding steroid dienone is 8. The van der Waals surface area contributed by atoms with Crippen LogP contribution in [0.5, 0.6) is 0 Å². The van der Waals surface area contributed by atoms with Crippen molar-refractivity contribution in [2.24, 2.45) is 5.92 Å². The maximum atomic E-state index is 13.6. The highest BCUT2D eigenvalue weighted by Gasteiger charge is 2.60. The van der Waals surface area contributed by atoms with Gasteiger partial charge in [0.15, 0.2) is 44.0 Å². The van der Waals surface area contributed by atoms with E-state index in [9.17, 15) is 131 Å². The zero-order valence-corrected chi connectivity index (χ0v) is 67.8. The summed E-state index contributed by atoms with van der Waals surface area (Å²) in [5.41, 5.74) is 5.17. The molecule has 7 aliphatic heterocycles. The molecule has 2 amide bonds. The van der Waals surface area contributed by atoms with Crippen LogP contribution in [0.2, 0.25) is 0 Å². The molecular formula is C71H122N2O42P2. The fraction of sp³-hybridized carbons (Fsp3) is 0.859. The van der Waals surface area contributed by atoms with Crippen LogP contribution in [0.1, 0.15) is 113 Å². The van der Waals surface area contributed by atoms with Crippen molar-refractivity contribution in [1.29, 1.82) is 0 Å². The monoisotopic (exact) mass is 1740 g/mol. The number of aliphatic hydroxyl groups is 20. The van der Waals surface area contributed by atoms with Crippen molar-refractivity contribution in [2.45, 2.75) is 328 Å². The largest absolute Gasteiger partial charge is 0.483 e. The van der Waals surface area contributed by atoms with E-state index in [0.29, 0.717) is 12.8 Å². The predicted molar refractivity (Wildman–Crippen MR) is 392 cm³/mol. The number of phosphoric ester groups is 2. The Morgan fingerprint density at radius 2 is 0.726 bits per heavy atom. The fourth-order valence-corrected chi connectivity index (χ4v) is 16.3. The third-order valence-electron chi connectivity index (χ3n) is 20.9. The maximum Gasteiger partial charge on any atom is 0.483 e. The lowest BCUT2D eigenvalue weighted by atomic mass is 9.94. The summed E-state index contributed by atoms with van der Waals surface area (Å²) in [6.45, 7) is 6.08. The van der Waals surface area contributed by atoms with Crippen molar-refractivity contribution in [3.8, 4) is 0 Å².